The lowest BCUT2D eigenvalue weighted by Crippen LogP contribution is -2.46. The molecule has 6 heteroatoms. The number of nitrogens with one attached hydrogen (secondary N) is 1. The van der Waals surface area contributed by atoms with Gasteiger partial charge in [0.2, 0.25) is 0 Å². The summed E-state index contributed by atoms with van der Waals surface area (Å²) in [6.07, 6.45) is 0.976. The molecule has 130 valence electrons. The van der Waals surface area contributed by atoms with Crippen molar-refractivity contribution in [3.63, 3.8) is 0 Å². The van der Waals surface area contributed by atoms with Crippen LogP contribution in [0, 0.1) is 19.8 Å². The largest absolute Gasteiger partial charge is 0.490 e. The van der Waals surface area contributed by atoms with Gasteiger partial charge >= 0.3 is 6.03 Å². The Balaban J connectivity index is 1.60. The maximum atomic E-state index is 12.5. The van der Waals surface area contributed by atoms with Gasteiger partial charge in [-0.15, -0.1) is 0 Å². The van der Waals surface area contributed by atoms with Gasteiger partial charge in [0.15, 0.2) is 0 Å². The molecular formula is C18H24N2O4. The van der Waals surface area contributed by atoms with E-state index in [9.17, 15) is 14.7 Å². The number of aliphatic hydroxyl groups is 1. The van der Waals surface area contributed by atoms with Crippen LogP contribution >= 0.6 is 0 Å². The van der Waals surface area contributed by atoms with Gasteiger partial charge in [0.25, 0.3) is 5.91 Å². The Hall–Kier alpha value is -2.08. The quantitative estimate of drug-likeness (QED) is 0.778. The fourth-order valence-corrected chi connectivity index (χ4v) is 3.29. The molecule has 0 radical (unpaired) electrons. The first-order valence-corrected chi connectivity index (χ1v) is 8.34. The summed E-state index contributed by atoms with van der Waals surface area (Å²) < 4.78 is 5.70. The first kappa shape index (κ1) is 16.8. The van der Waals surface area contributed by atoms with E-state index in [4.69, 9.17) is 4.74 Å². The summed E-state index contributed by atoms with van der Waals surface area (Å²) in [5, 5.41) is 13.0. The lowest BCUT2D eigenvalue weighted by atomic mass is 9.96. The molecular weight excluding hydrogens is 308 g/mol. The highest BCUT2D eigenvalue weighted by molar-refractivity contribution is 6.07. The van der Waals surface area contributed by atoms with Gasteiger partial charge < -0.3 is 15.2 Å². The van der Waals surface area contributed by atoms with Gasteiger partial charge in [0.05, 0.1) is 6.54 Å². The van der Waals surface area contributed by atoms with Crippen molar-refractivity contribution in [3.8, 4) is 5.75 Å². The summed E-state index contributed by atoms with van der Waals surface area (Å²) in [4.78, 5) is 25.7. The Morgan fingerprint density at radius 2 is 1.96 bits per heavy atom. The van der Waals surface area contributed by atoms with Crippen molar-refractivity contribution in [3.05, 3.63) is 29.3 Å². The van der Waals surface area contributed by atoms with Crippen LogP contribution in [0.4, 0.5) is 4.79 Å². The smallest absolute Gasteiger partial charge is 0.325 e. The minimum atomic E-state index is -0.930. The van der Waals surface area contributed by atoms with Gasteiger partial charge in [0.1, 0.15) is 24.0 Å². The second-order valence-corrected chi connectivity index (χ2v) is 7.01. The first-order chi connectivity index (χ1) is 11.3. The lowest BCUT2D eigenvalue weighted by Gasteiger charge is -2.22. The molecule has 24 heavy (non-hydrogen) atoms. The first-order valence-electron chi connectivity index (χ1n) is 8.34. The second-order valence-electron chi connectivity index (χ2n) is 7.01. The van der Waals surface area contributed by atoms with E-state index >= 15 is 0 Å². The minimum absolute atomic E-state index is 0.0307. The fourth-order valence-electron chi connectivity index (χ4n) is 3.29. The number of hydrogen-bond donors (Lipinski definition) is 2. The normalized spacial score (nSPS) is 24.9. The van der Waals surface area contributed by atoms with Crippen molar-refractivity contribution in [2.45, 2.75) is 45.3 Å². The van der Waals surface area contributed by atoms with E-state index < -0.39 is 17.7 Å². The topological polar surface area (TPSA) is 78.9 Å². The molecule has 6 nitrogen and oxygen atoms in total. The third-order valence-corrected chi connectivity index (χ3v) is 4.92. The zero-order valence-corrected chi connectivity index (χ0v) is 14.3. The molecule has 2 N–H and O–H groups in total. The molecule has 3 rings (SSSR count). The molecule has 2 fully saturated rings. The highest BCUT2D eigenvalue weighted by Crippen LogP contribution is 2.42. The predicted octanol–water partition coefficient (Wildman–Crippen LogP) is 1.76. The molecule has 1 aromatic carbocycles. The number of ether oxygens (including phenoxy) is 1. The standard InChI is InChI=1S/C18H24N2O4/c1-11-5-4-6-12(2)15(11)24-10-14(21)9-20-16(22)18(3,13-7-8-13)19-17(20)23/h4-6,13-14,21H,7-10H2,1-3H3,(H,19,23)/t14-,18+/m1/s1. The van der Waals surface area contributed by atoms with E-state index in [0.717, 1.165) is 34.6 Å². The number of nitrogens with zero attached hydrogens (tertiary/aromatic N) is 1. The van der Waals surface area contributed by atoms with Crippen LogP contribution in [0.25, 0.3) is 0 Å². The van der Waals surface area contributed by atoms with Crippen molar-refractivity contribution < 1.29 is 19.4 Å². The number of aryl methyl sites for hydroxylation is 2. The van der Waals surface area contributed by atoms with E-state index in [2.05, 4.69) is 5.32 Å². The molecule has 0 bridgehead atoms. The van der Waals surface area contributed by atoms with Gasteiger partial charge in [-0.3, -0.25) is 9.69 Å². The van der Waals surface area contributed by atoms with Gasteiger partial charge in [-0.1, -0.05) is 18.2 Å². The predicted molar refractivity (Wildman–Crippen MR) is 88.8 cm³/mol. The Morgan fingerprint density at radius 3 is 2.54 bits per heavy atom. The van der Waals surface area contributed by atoms with E-state index in [0.29, 0.717) is 0 Å². The highest BCUT2D eigenvalue weighted by Gasteiger charge is 2.56. The van der Waals surface area contributed by atoms with Crippen molar-refractivity contribution in [1.29, 1.82) is 0 Å². The van der Waals surface area contributed by atoms with E-state index in [1.165, 1.54) is 0 Å². The Bertz CT molecular complexity index is 651. The van der Waals surface area contributed by atoms with Crippen molar-refractivity contribution >= 4 is 11.9 Å². The number of carbonyl (C=O) groups is 2. The number of imide groups is 1. The van der Waals surface area contributed by atoms with Crippen LogP contribution in [0.15, 0.2) is 18.2 Å². The van der Waals surface area contributed by atoms with Gasteiger partial charge in [-0.25, -0.2) is 4.79 Å². The summed E-state index contributed by atoms with van der Waals surface area (Å²) in [5.41, 5.74) is 1.15. The molecule has 0 unspecified atom stereocenters. The number of para-hydroxylation sites is 1. The molecule has 0 spiro atoms. The van der Waals surface area contributed by atoms with Crippen LogP contribution in [-0.2, 0) is 4.79 Å². The fraction of sp³-hybridized carbons (Fsp3) is 0.556. The number of aliphatic hydroxyl groups excluding tert-OH is 1. The number of amides is 3. The lowest BCUT2D eigenvalue weighted by molar-refractivity contribution is -0.132. The minimum Gasteiger partial charge on any atom is -0.490 e. The number of rotatable bonds is 6. The van der Waals surface area contributed by atoms with Gasteiger partial charge in [0, 0.05) is 0 Å². The summed E-state index contributed by atoms with van der Waals surface area (Å²) >= 11 is 0. The molecule has 1 aliphatic heterocycles. The SMILES string of the molecule is Cc1cccc(C)c1OC[C@H](O)CN1C(=O)N[C@@](C)(C2CC2)C1=O. The zero-order chi connectivity index (χ0) is 17.5. The Morgan fingerprint density at radius 1 is 1.33 bits per heavy atom. The van der Waals surface area contributed by atoms with Crippen LogP contribution in [0.5, 0.6) is 5.75 Å². The Labute approximate surface area is 141 Å². The maximum Gasteiger partial charge on any atom is 0.325 e. The van der Waals surface area contributed by atoms with Crippen LogP contribution in [0.3, 0.4) is 0 Å². The molecule has 1 saturated heterocycles. The Kier molecular flexibility index (Phi) is 4.25. The number of hydrogen-bond acceptors (Lipinski definition) is 4. The summed E-state index contributed by atoms with van der Waals surface area (Å²) in [5.74, 6) is 0.694. The van der Waals surface area contributed by atoms with Crippen molar-refractivity contribution in [2.75, 3.05) is 13.2 Å². The van der Waals surface area contributed by atoms with Gasteiger partial charge in [-0.05, 0) is 50.7 Å². The van der Waals surface area contributed by atoms with E-state index in [1.807, 2.05) is 32.0 Å². The summed E-state index contributed by atoms with van der Waals surface area (Å²) in [7, 11) is 0. The molecule has 1 aromatic rings. The average molecular weight is 332 g/mol. The summed E-state index contributed by atoms with van der Waals surface area (Å²) in [6.45, 7) is 5.62. The zero-order valence-electron chi connectivity index (χ0n) is 14.3. The molecule has 0 aromatic heterocycles. The van der Waals surface area contributed by atoms with Gasteiger partial charge in [-0.2, -0.15) is 0 Å². The van der Waals surface area contributed by atoms with Crippen LogP contribution in [0.1, 0.15) is 30.9 Å². The van der Waals surface area contributed by atoms with Crippen molar-refractivity contribution in [2.24, 2.45) is 5.92 Å². The number of benzene rings is 1. The average Bonchev–Trinajstić information content (AvgIpc) is 3.33. The third-order valence-electron chi connectivity index (χ3n) is 4.92. The molecule has 2 aliphatic rings. The second kappa shape index (κ2) is 6.09. The number of urea groups is 1. The maximum absolute atomic E-state index is 12.5. The highest BCUT2D eigenvalue weighted by atomic mass is 16.5. The van der Waals surface area contributed by atoms with Crippen LogP contribution in [0.2, 0.25) is 0 Å². The van der Waals surface area contributed by atoms with E-state index in [-0.39, 0.29) is 25.0 Å². The summed E-state index contributed by atoms with van der Waals surface area (Å²) in [6, 6.07) is 5.39. The monoisotopic (exact) mass is 332 g/mol. The third kappa shape index (κ3) is 2.98. The molecule has 3 amide bonds. The molecule has 1 aliphatic carbocycles. The van der Waals surface area contributed by atoms with Crippen LogP contribution < -0.4 is 10.1 Å². The van der Waals surface area contributed by atoms with Crippen molar-refractivity contribution in [1.82, 2.24) is 10.2 Å². The van der Waals surface area contributed by atoms with Crippen LogP contribution in [-0.4, -0.2) is 46.7 Å². The molecule has 1 heterocycles. The molecule has 2 atom stereocenters. The molecule has 1 saturated carbocycles. The van der Waals surface area contributed by atoms with E-state index in [1.54, 1.807) is 6.92 Å². The number of carbonyl (C=O) groups excluding carboxylic acids is 2. The number of β-amino-alcohol motifs (C(OH)–C–C–N with tert-alkyl or cyclic N) is 1.